The van der Waals surface area contributed by atoms with Crippen molar-refractivity contribution < 1.29 is 17.9 Å². The van der Waals surface area contributed by atoms with E-state index in [1.807, 2.05) is 0 Å². The van der Waals surface area contributed by atoms with Crippen molar-refractivity contribution in [1.29, 1.82) is 0 Å². The minimum absolute atomic E-state index is 0.107. The molecular weight excluding hydrogens is 255 g/mol. The lowest BCUT2D eigenvalue weighted by atomic mass is 10.3. The van der Waals surface area contributed by atoms with Crippen LogP contribution in [0.15, 0.2) is 11.4 Å². The fourth-order valence-electron chi connectivity index (χ4n) is 1.17. The summed E-state index contributed by atoms with van der Waals surface area (Å²) >= 11 is 1.26. The van der Waals surface area contributed by atoms with Crippen molar-refractivity contribution in [3.8, 4) is 5.88 Å². The topological polar surface area (TPSA) is 61.0 Å². The molecule has 0 radical (unpaired) electrons. The molecular formula is C9H8F3N3OS. The fraction of sp³-hybridized carbons (Fsp3) is 0.333. The van der Waals surface area contributed by atoms with E-state index in [0.29, 0.717) is 10.2 Å². The number of nitrogens with two attached hydrogens (primary N) is 1. The summed E-state index contributed by atoms with van der Waals surface area (Å²) in [7, 11) is 0. The summed E-state index contributed by atoms with van der Waals surface area (Å²) in [6.45, 7) is 0.913. The van der Waals surface area contributed by atoms with Crippen LogP contribution in [-0.4, -0.2) is 22.2 Å². The van der Waals surface area contributed by atoms with E-state index >= 15 is 0 Å². The first-order valence-corrected chi connectivity index (χ1v) is 5.50. The van der Waals surface area contributed by atoms with E-state index in [-0.39, 0.29) is 11.8 Å². The number of thiophene rings is 1. The average Bonchev–Trinajstić information content (AvgIpc) is 2.63. The number of anilines is 1. The maximum absolute atomic E-state index is 12.4. The van der Waals surface area contributed by atoms with E-state index in [1.165, 1.54) is 11.3 Å². The normalized spacial score (nSPS) is 13.9. The SMILES string of the molecule is CC(Oc1nc(N)nc2sccc12)C(F)(F)F. The Labute approximate surface area is 98.2 Å². The van der Waals surface area contributed by atoms with Gasteiger partial charge in [-0.3, -0.25) is 0 Å². The minimum Gasteiger partial charge on any atom is -0.464 e. The first-order chi connectivity index (χ1) is 7.88. The van der Waals surface area contributed by atoms with Crippen LogP contribution in [-0.2, 0) is 0 Å². The lowest BCUT2D eigenvalue weighted by Crippen LogP contribution is -2.31. The second-order valence-corrected chi connectivity index (χ2v) is 4.22. The Morgan fingerprint density at radius 2 is 2.12 bits per heavy atom. The van der Waals surface area contributed by atoms with Crippen LogP contribution in [0.1, 0.15) is 6.92 Å². The lowest BCUT2D eigenvalue weighted by molar-refractivity contribution is -0.189. The number of nitrogen functional groups attached to an aromatic ring is 1. The number of nitrogens with zero attached hydrogens (tertiary/aromatic N) is 2. The molecule has 2 aromatic rings. The van der Waals surface area contributed by atoms with Gasteiger partial charge in [0.2, 0.25) is 11.8 Å². The molecule has 0 aromatic carbocycles. The number of halogens is 3. The van der Waals surface area contributed by atoms with E-state index in [1.54, 1.807) is 11.4 Å². The highest BCUT2D eigenvalue weighted by Crippen LogP contribution is 2.31. The first-order valence-electron chi connectivity index (χ1n) is 4.62. The Hall–Kier alpha value is -1.57. The highest BCUT2D eigenvalue weighted by Gasteiger charge is 2.38. The van der Waals surface area contributed by atoms with Crippen LogP contribution >= 0.6 is 11.3 Å². The quantitative estimate of drug-likeness (QED) is 0.904. The first kappa shape index (κ1) is 11.9. The van der Waals surface area contributed by atoms with Gasteiger partial charge in [0.25, 0.3) is 0 Å². The fourth-order valence-corrected chi connectivity index (χ4v) is 1.93. The molecule has 8 heteroatoms. The molecule has 17 heavy (non-hydrogen) atoms. The molecule has 2 heterocycles. The molecule has 1 unspecified atom stereocenters. The molecule has 2 rings (SSSR count). The van der Waals surface area contributed by atoms with E-state index in [4.69, 9.17) is 10.5 Å². The van der Waals surface area contributed by atoms with E-state index < -0.39 is 12.3 Å². The molecule has 2 N–H and O–H groups in total. The molecule has 0 aliphatic carbocycles. The second-order valence-electron chi connectivity index (χ2n) is 3.33. The number of hydrogen-bond acceptors (Lipinski definition) is 5. The predicted molar refractivity (Wildman–Crippen MR) is 58.0 cm³/mol. The Morgan fingerprint density at radius 1 is 1.41 bits per heavy atom. The average molecular weight is 263 g/mol. The molecule has 0 fully saturated rings. The summed E-state index contributed by atoms with van der Waals surface area (Å²) in [5.41, 5.74) is 5.39. The molecule has 0 saturated heterocycles. The number of rotatable bonds is 2. The third-order valence-electron chi connectivity index (χ3n) is 2.06. The molecule has 4 nitrogen and oxygen atoms in total. The molecule has 0 saturated carbocycles. The Bertz CT molecular complexity index is 540. The third kappa shape index (κ3) is 2.41. The summed E-state index contributed by atoms with van der Waals surface area (Å²) < 4.78 is 41.9. The van der Waals surface area contributed by atoms with Crippen LogP contribution in [0.5, 0.6) is 5.88 Å². The maximum atomic E-state index is 12.4. The Kier molecular flexibility index (Phi) is 2.82. The second kappa shape index (κ2) is 4.02. The van der Waals surface area contributed by atoms with Crippen molar-refractivity contribution in [2.24, 2.45) is 0 Å². The van der Waals surface area contributed by atoms with E-state index in [9.17, 15) is 13.2 Å². The summed E-state index contributed by atoms with van der Waals surface area (Å²) in [4.78, 5) is 8.07. The predicted octanol–water partition coefficient (Wildman–Crippen LogP) is 2.60. The monoisotopic (exact) mass is 263 g/mol. The molecule has 2 aromatic heterocycles. The van der Waals surface area contributed by atoms with Crippen molar-refractivity contribution >= 4 is 27.5 Å². The zero-order valence-corrected chi connectivity index (χ0v) is 9.47. The summed E-state index contributed by atoms with van der Waals surface area (Å²) in [5.74, 6) is -0.247. The van der Waals surface area contributed by atoms with Crippen LogP contribution < -0.4 is 10.5 Å². The van der Waals surface area contributed by atoms with Crippen LogP contribution in [0.4, 0.5) is 19.1 Å². The van der Waals surface area contributed by atoms with Gasteiger partial charge in [-0.1, -0.05) is 0 Å². The Balaban J connectivity index is 2.38. The molecule has 0 bridgehead atoms. The summed E-state index contributed by atoms with van der Waals surface area (Å²) in [6.07, 6.45) is -6.39. The zero-order valence-electron chi connectivity index (χ0n) is 8.65. The van der Waals surface area contributed by atoms with Crippen LogP contribution in [0, 0.1) is 0 Å². The maximum Gasteiger partial charge on any atom is 0.425 e. The molecule has 0 aliphatic rings. The largest absolute Gasteiger partial charge is 0.464 e. The van der Waals surface area contributed by atoms with Gasteiger partial charge in [-0.15, -0.1) is 11.3 Å². The van der Waals surface area contributed by atoms with Gasteiger partial charge < -0.3 is 10.5 Å². The molecule has 0 amide bonds. The highest BCUT2D eigenvalue weighted by molar-refractivity contribution is 7.16. The minimum atomic E-state index is -4.44. The zero-order chi connectivity index (χ0) is 12.6. The van der Waals surface area contributed by atoms with Crippen molar-refractivity contribution in [1.82, 2.24) is 9.97 Å². The molecule has 1 atom stereocenters. The van der Waals surface area contributed by atoms with Crippen molar-refractivity contribution in [3.05, 3.63) is 11.4 Å². The highest BCUT2D eigenvalue weighted by atomic mass is 32.1. The summed E-state index contributed by atoms with van der Waals surface area (Å²) in [5, 5.41) is 2.12. The summed E-state index contributed by atoms with van der Waals surface area (Å²) in [6, 6.07) is 1.60. The van der Waals surface area contributed by atoms with Gasteiger partial charge in [0, 0.05) is 0 Å². The lowest BCUT2D eigenvalue weighted by Gasteiger charge is -2.17. The third-order valence-corrected chi connectivity index (χ3v) is 2.86. The van der Waals surface area contributed by atoms with Gasteiger partial charge in [0.05, 0.1) is 5.39 Å². The van der Waals surface area contributed by atoms with Gasteiger partial charge >= 0.3 is 6.18 Å². The van der Waals surface area contributed by atoms with Crippen molar-refractivity contribution in [3.63, 3.8) is 0 Å². The van der Waals surface area contributed by atoms with Gasteiger partial charge in [-0.25, -0.2) is 4.98 Å². The molecule has 92 valence electrons. The van der Waals surface area contributed by atoms with E-state index in [0.717, 1.165) is 6.92 Å². The number of alkyl halides is 3. The van der Waals surface area contributed by atoms with Crippen LogP contribution in [0.3, 0.4) is 0 Å². The van der Waals surface area contributed by atoms with Gasteiger partial charge in [-0.2, -0.15) is 18.2 Å². The van der Waals surface area contributed by atoms with Gasteiger partial charge in [0.15, 0.2) is 6.10 Å². The number of ether oxygens (including phenoxy) is 1. The van der Waals surface area contributed by atoms with Crippen LogP contribution in [0.25, 0.3) is 10.2 Å². The molecule has 0 spiro atoms. The van der Waals surface area contributed by atoms with Crippen LogP contribution in [0.2, 0.25) is 0 Å². The Morgan fingerprint density at radius 3 is 2.76 bits per heavy atom. The number of hydrogen-bond donors (Lipinski definition) is 1. The van der Waals surface area contributed by atoms with Crippen molar-refractivity contribution in [2.75, 3.05) is 5.73 Å². The smallest absolute Gasteiger partial charge is 0.425 e. The number of aromatic nitrogens is 2. The van der Waals surface area contributed by atoms with Gasteiger partial charge in [-0.05, 0) is 18.4 Å². The standard InChI is InChI=1S/C9H8F3N3OS/c1-4(9(10,11)12)16-6-5-2-3-17-7(5)15-8(13)14-6/h2-4H,1H3,(H2,13,14,15). The number of fused-ring (bicyclic) bond motifs is 1. The molecule has 0 aliphatic heterocycles. The van der Waals surface area contributed by atoms with Gasteiger partial charge in [0.1, 0.15) is 4.83 Å². The van der Waals surface area contributed by atoms with Crippen molar-refractivity contribution in [2.45, 2.75) is 19.2 Å². The van der Waals surface area contributed by atoms with E-state index in [2.05, 4.69) is 9.97 Å².